The average molecular weight is 343 g/mol. The molecule has 0 saturated carbocycles. The van der Waals surface area contributed by atoms with Crippen LogP contribution in [-0.4, -0.2) is 23.3 Å². The van der Waals surface area contributed by atoms with E-state index in [-0.39, 0.29) is 23.6 Å². The molecule has 0 atom stereocenters. The summed E-state index contributed by atoms with van der Waals surface area (Å²) in [6.45, 7) is 3.57. The lowest BCUT2D eigenvalue weighted by molar-refractivity contribution is -0.384. The number of benzene rings is 2. The van der Waals surface area contributed by atoms with E-state index in [0.717, 1.165) is 6.07 Å². The maximum Gasteiger partial charge on any atom is 0.338 e. The summed E-state index contributed by atoms with van der Waals surface area (Å²) in [5, 5.41) is 10.8. The van der Waals surface area contributed by atoms with Gasteiger partial charge in [-0.1, -0.05) is 6.07 Å². The van der Waals surface area contributed by atoms with E-state index in [2.05, 4.69) is 0 Å². The number of rotatable bonds is 7. The van der Waals surface area contributed by atoms with Gasteiger partial charge in [0.2, 0.25) is 0 Å². The van der Waals surface area contributed by atoms with Gasteiger partial charge in [-0.15, -0.1) is 0 Å². The van der Waals surface area contributed by atoms with Gasteiger partial charge in [0.15, 0.2) is 5.78 Å². The lowest BCUT2D eigenvalue weighted by Gasteiger charge is -2.12. The van der Waals surface area contributed by atoms with E-state index in [9.17, 15) is 19.7 Å². The Morgan fingerprint density at radius 2 is 1.88 bits per heavy atom. The van der Waals surface area contributed by atoms with Crippen molar-refractivity contribution in [2.24, 2.45) is 0 Å². The molecule has 0 aliphatic carbocycles. The molecule has 7 heteroatoms. The molecule has 2 aromatic rings. The van der Waals surface area contributed by atoms with E-state index in [1.54, 1.807) is 18.2 Å². The van der Waals surface area contributed by atoms with E-state index in [1.807, 2.05) is 6.92 Å². The predicted molar refractivity (Wildman–Crippen MR) is 89.8 cm³/mol. The highest BCUT2D eigenvalue weighted by Gasteiger charge is 2.15. The van der Waals surface area contributed by atoms with Gasteiger partial charge in [-0.05, 0) is 38.1 Å². The van der Waals surface area contributed by atoms with Crippen LogP contribution in [-0.2, 0) is 11.3 Å². The molecule has 7 nitrogen and oxygen atoms in total. The molecule has 0 aromatic heterocycles. The van der Waals surface area contributed by atoms with Gasteiger partial charge in [0, 0.05) is 23.3 Å². The largest absolute Gasteiger partial charge is 0.493 e. The van der Waals surface area contributed by atoms with Crippen LogP contribution in [0, 0.1) is 10.1 Å². The van der Waals surface area contributed by atoms with Crippen LogP contribution in [0.1, 0.15) is 40.1 Å². The number of Topliss-reactive ketones (excluding diaryl/α,β-unsaturated/α-hetero) is 1. The van der Waals surface area contributed by atoms with Crippen LogP contribution in [0.2, 0.25) is 0 Å². The van der Waals surface area contributed by atoms with E-state index in [1.165, 1.54) is 25.1 Å². The summed E-state index contributed by atoms with van der Waals surface area (Å²) in [6.07, 6.45) is 0. The van der Waals surface area contributed by atoms with Crippen molar-refractivity contribution in [1.82, 2.24) is 0 Å². The van der Waals surface area contributed by atoms with E-state index < -0.39 is 10.9 Å². The van der Waals surface area contributed by atoms with Crippen molar-refractivity contribution in [3.05, 3.63) is 69.3 Å². The Morgan fingerprint density at radius 1 is 1.12 bits per heavy atom. The fourth-order valence-corrected chi connectivity index (χ4v) is 2.18. The molecular weight excluding hydrogens is 326 g/mol. The number of nitrogens with zero attached hydrogens (tertiary/aromatic N) is 1. The number of nitro groups is 1. The van der Waals surface area contributed by atoms with Gasteiger partial charge in [0.1, 0.15) is 12.4 Å². The van der Waals surface area contributed by atoms with Crippen LogP contribution in [0.15, 0.2) is 42.5 Å². The molecule has 0 radical (unpaired) electrons. The molecule has 0 saturated heterocycles. The van der Waals surface area contributed by atoms with Crippen LogP contribution < -0.4 is 4.74 Å². The summed E-state index contributed by atoms with van der Waals surface area (Å²) in [5.74, 6) is -0.298. The minimum absolute atomic E-state index is 0.0786. The normalized spacial score (nSPS) is 10.2. The van der Waals surface area contributed by atoms with Crippen molar-refractivity contribution in [2.45, 2.75) is 20.5 Å². The van der Waals surface area contributed by atoms with Crippen molar-refractivity contribution >= 4 is 17.4 Å². The highest BCUT2D eigenvalue weighted by Crippen LogP contribution is 2.22. The molecule has 0 spiro atoms. The van der Waals surface area contributed by atoms with Crippen molar-refractivity contribution < 1.29 is 24.0 Å². The monoisotopic (exact) mass is 343 g/mol. The molecule has 0 amide bonds. The zero-order valence-electron chi connectivity index (χ0n) is 13.9. The van der Waals surface area contributed by atoms with Gasteiger partial charge in [-0.25, -0.2) is 4.79 Å². The SMILES string of the molecule is CCOc1ccc(C(C)=O)cc1COC(=O)c1cccc([N+](=O)[O-])c1. The second-order valence-corrected chi connectivity index (χ2v) is 5.20. The highest BCUT2D eigenvalue weighted by molar-refractivity contribution is 5.94. The van der Waals surface area contributed by atoms with Crippen LogP contribution in [0.3, 0.4) is 0 Å². The number of ether oxygens (including phenoxy) is 2. The molecular formula is C18H17NO6. The summed E-state index contributed by atoms with van der Waals surface area (Å²) in [6, 6.07) is 10.2. The summed E-state index contributed by atoms with van der Waals surface area (Å²) < 4.78 is 10.7. The zero-order valence-corrected chi connectivity index (χ0v) is 13.9. The van der Waals surface area contributed by atoms with Crippen LogP contribution in [0.5, 0.6) is 5.75 Å². The van der Waals surface area contributed by atoms with Crippen LogP contribution in [0.4, 0.5) is 5.69 Å². The van der Waals surface area contributed by atoms with Crippen molar-refractivity contribution in [1.29, 1.82) is 0 Å². The topological polar surface area (TPSA) is 95.7 Å². The molecule has 0 bridgehead atoms. The number of nitro benzene ring substituents is 1. The Morgan fingerprint density at radius 3 is 2.52 bits per heavy atom. The van der Waals surface area contributed by atoms with Gasteiger partial charge >= 0.3 is 5.97 Å². The van der Waals surface area contributed by atoms with E-state index in [0.29, 0.717) is 23.5 Å². The lowest BCUT2D eigenvalue weighted by Crippen LogP contribution is -2.08. The second kappa shape index (κ2) is 8.05. The first-order chi connectivity index (χ1) is 11.9. The average Bonchev–Trinajstić information content (AvgIpc) is 2.60. The highest BCUT2D eigenvalue weighted by atomic mass is 16.6. The number of ketones is 1. The summed E-state index contributed by atoms with van der Waals surface area (Å²) >= 11 is 0. The first kappa shape index (κ1) is 18.1. The Kier molecular flexibility index (Phi) is 5.84. The fourth-order valence-electron chi connectivity index (χ4n) is 2.18. The first-order valence-electron chi connectivity index (χ1n) is 7.60. The Labute approximate surface area is 144 Å². The number of hydrogen-bond donors (Lipinski definition) is 0. The molecule has 25 heavy (non-hydrogen) atoms. The van der Waals surface area contributed by atoms with Gasteiger partial charge in [-0.2, -0.15) is 0 Å². The molecule has 2 rings (SSSR count). The minimum atomic E-state index is -0.695. The predicted octanol–water partition coefficient (Wildman–Crippen LogP) is 3.55. The maximum atomic E-state index is 12.1. The summed E-state index contributed by atoms with van der Waals surface area (Å²) in [4.78, 5) is 33.8. The van der Waals surface area contributed by atoms with Crippen molar-refractivity contribution in [3.8, 4) is 5.75 Å². The van der Waals surface area contributed by atoms with Gasteiger partial charge in [0.25, 0.3) is 5.69 Å². The summed E-state index contributed by atoms with van der Waals surface area (Å²) in [5.41, 5.74) is 0.913. The minimum Gasteiger partial charge on any atom is -0.493 e. The molecule has 2 aromatic carbocycles. The van der Waals surface area contributed by atoms with Gasteiger partial charge in [-0.3, -0.25) is 14.9 Å². The van der Waals surface area contributed by atoms with Crippen LogP contribution in [0.25, 0.3) is 0 Å². The Bertz CT molecular complexity index is 815. The van der Waals surface area contributed by atoms with Crippen molar-refractivity contribution in [3.63, 3.8) is 0 Å². The first-order valence-corrected chi connectivity index (χ1v) is 7.60. The Hall–Kier alpha value is -3.22. The van der Waals surface area contributed by atoms with Gasteiger partial charge in [0.05, 0.1) is 17.1 Å². The number of esters is 1. The summed E-state index contributed by atoms with van der Waals surface area (Å²) in [7, 11) is 0. The number of hydrogen-bond acceptors (Lipinski definition) is 6. The Balaban J connectivity index is 2.18. The molecule has 0 unspecified atom stereocenters. The fraction of sp³-hybridized carbons (Fsp3) is 0.222. The second-order valence-electron chi connectivity index (χ2n) is 5.20. The zero-order chi connectivity index (χ0) is 18.4. The maximum absolute atomic E-state index is 12.1. The third kappa shape index (κ3) is 4.63. The molecule has 130 valence electrons. The third-order valence-electron chi connectivity index (χ3n) is 3.42. The molecule has 0 N–H and O–H groups in total. The van der Waals surface area contributed by atoms with Crippen LogP contribution >= 0.6 is 0 Å². The van der Waals surface area contributed by atoms with E-state index >= 15 is 0 Å². The third-order valence-corrected chi connectivity index (χ3v) is 3.42. The van der Waals surface area contributed by atoms with E-state index in [4.69, 9.17) is 9.47 Å². The molecule has 0 aliphatic rings. The number of carbonyl (C=O) groups excluding carboxylic acids is 2. The standard InChI is InChI=1S/C18H17NO6/c1-3-24-17-8-7-13(12(2)20)9-15(17)11-25-18(21)14-5-4-6-16(10-14)19(22)23/h4-10H,3,11H2,1-2H3. The smallest absolute Gasteiger partial charge is 0.338 e. The number of non-ortho nitro benzene ring substituents is 1. The van der Waals surface area contributed by atoms with Crippen molar-refractivity contribution in [2.75, 3.05) is 6.61 Å². The quantitative estimate of drug-likeness (QED) is 0.330. The van der Waals surface area contributed by atoms with Gasteiger partial charge < -0.3 is 9.47 Å². The molecule has 0 fully saturated rings. The molecule has 0 aliphatic heterocycles. The molecule has 0 heterocycles. The number of carbonyl (C=O) groups is 2. The lowest BCUT2D eigenvalue weighted by atomic mass is 10.1.